The zero-order valence-electron chi connectivity index (χ0n) is 13.4. The number of nitrogens with zero attached hydrogens (tertiary/aromatic N) is 6. The van der Waals surface area contributed by atoms with Gasteiger partial charge in [-0.25, -0.2) is 24.3 Å². The van der Waals surface area contributed by atoms with Crippen molar-refractivity contribution in [3.05, 3.63) is 48.4 Å². The number of fused-ring (bicyclic) bond motifs is 1. The summed E-state index contributed by atoms with van der Waals surface area (Å²) in [7, 11) is 0. The van der Waals surface area contributed by atoms with Crippen LogP contribution in [0.3, 0.4) is 0 Å². The maximum Gasteiger partial charge on any atom is 0.140 e. The normalized spacial score (nSPS) is 15.1. The summed E-state index contributed by atoms with van der Waals surface area (Å²) in [6, 6.07) is 6.65. The quantitative estimate of drug-likeness (QED) is 0.720. The van der Waals surface area contributed by atoms with Crippen LogP contribution in [0.15, 0.2) is 36.9 Å². The lowest BCUT2D eigenvalue weighted by atomic mass is 10.2. The molecule has 0 radical (unpaired) electrons. The molecule has 3 aromatic rings. The predicted molar refractivity (Wildman–Crippen MR) is 90.7 cm³/mol. The molecule has 1 fully saturated rings. The van der Waals surface area contributed by atoms with Gasteiger partial charge in [-0.05, 0) is 19.1 Å². The highest BCUT2D eigenvalue weighted by molar-refractivity contribution is 5.89. The van der Waals surface area contributed by atoms with Gasteiger partial charge < -0.3 is 9.80 Å². The molecule has 6 nitrogen and oxygen atoms in total. The average Bonchev–Trinajstić information content (AvgIpc) is 2.61. The fourth-order valence-electron chi connectivity index (χ4n) is 3.03. The molecule has 1 aliphatic rings. The molecule has 3 heterocycles. The molecule has 2 aromatic heterocycles. The summed E-state index contributed by atoms with van der Waals surface area (Å²) in [5.74, 6) is 1.53. The number of hydrogen-bond acceptors (Lipinski definition) is 6. The Hall–Kier alpha value is -2.83. The zero-order chi connectivity index (χ0) is 16.5. The van der Waals surface area contributed by atoms with E-state index in [9.17, 15) is 4.39 Å². The minimum atomic E-state index is -0.281. The van der Waals surface area contributed by atoms with Crippen molar-refractivity contribution in [1.82, 2.24) is 19.9 Å². The summed E-state index contributed by atoms with van der Waals surface area (Å²) in [6.07, 6.45) is 3.10. The number of hydrogen-bond donors (Lipinski definition) is 0. The molecule has 1 saturated heterocycles. The van der Waals surface area contributed by atoms with Crippen molar-refractivity contribution >= 4 is 22.5 Å². The van der Waals surface area contributed by atoms with Crippen molar-refractivity contribution in [3.8, 4) is 0 Å². The Morgan fingerprint density at radius 1 is 0.875 bits per heavy atom. The van der Waals surface area contributed by atoms with Crippen molar-refractivity contribution in [2.24, 2.45) is 0 Å². The Morgan fingerprint density at radius 3 is 2.42 bits per heavy atom. The minimum absolute atomic E-state index is 0.281. The first-order valence-corrected chi connectivity index (χ1v) is 7.89. The predicted octanol–water partition coefficient (Wildman–Crippen LogP) is 2.19. The van der Waals surface area contributed by atoms with Crippen LogP contribution < -0.4 is 9.80 Å². The van der Waals surface area contributed by atoms with E-state index >= 15 is 0 Å². The second-order valence-corrected chi connectivity index (χ2v) is 5.85. The summed E-state index contributed by atoms with van der Waals surface area (Å²) < 4.78 is 13.4. The second kappa shape index (κ2) is 5.99. The van der Waals surface area contributed by atoms with Crippen LogP contribution in [0.5, 0.6) is 0 Å². The first-order chi connectivity index (χ1) is 11.7. The number of aromatic nitrogens is 4. The molecule has 24 heavy (non-hydrogen) atoms. The summed E-state index contributed by atoms with van der Waals surface area (Å²) in [4.78, 5) is 21.5. The van der Waals surface area contributed by atoms with E-state index in [1.807, 2.05) is 13.0 Å². The van der Waals surface area contributed by atoms with E-state index in [-0.39, 0.29) is 5.82 Å². The number of aryl methyl sites for hydroxylation is 1. The van der Waals surface area contributed by atoms with Crippen LogP contribution in [0, 0.1) is 12.7 Å². The number of piperazine rings is 1. The minimum Gasteiger partial charge on any atom is -0.353 e. The Kier molecular flexibility index (Phi) is 3.68. The Bertz CT molecular complexity index is 876. The van der Waals surface area contributed by atoms with Gasteiger partial charge in [0.05, 0.1) is 5.52 Å². The van der Waals surface area contributed by atoms with Crippen LogP contribution in [0.1, 0.15) is 5.69 Å². The van der Waals surface area contributed by atoms with Gasteiger partial charge in [-0.1, -0.05) is 0 Å². The van der Waals surface area contributed by atoms with E-state index in [0.717, 1.165) is 48.9 Å². The standard InChI is InChI=1S/C17H17FN6/c1-12-8-16(21-10-19-12)23-4-6-24(7-5-23)17-14-3-2-13(18)9-15(14)20-11-22-17/h2-3,8-11H,4-7H2,1H3. The van der Waals surface area contributed by atoms with Crippen LogP contribution in [0.2, 0.25) is 0 Å². The lowest BCUT2D eigenvalue weighted by Gasteiger charge is -2.36. The molecule has 0 bridgehead atoms. The Labute approximate surface area is 139 Å². The summed E-state index contributed by atoms with van der Waals surface area (Å²) >= 11 is 0. The molecule has 0 atom stereocenters. The first kappa shape index (κ1) is 14.7. The summed E-state index contributed by atoms with van der Waals surface area (Å²) in [5, 5.41) is 0.880. The van der Waals surface area contributed by atoms with Crippen molar-refractivity contribution < 1.29 is 4.39 Å². The summed E-state index contributed by atoms with van der Waals surface area (Å²) in [5.41, 5.74) is 1.60. The van der Waals surface area contributed by atoms with E-state index in [0.29, 0.717) is 5.52 Å². The second-order valence-electron chi connectivity index (χ2n) is 5.85. The maximum atomic E-state index is 13.4. The maximum absolute atomic E-state index is 13.4. The third-order valence-corrected chi connectivity index (χ3v) is 4.27. The topological polar surface area (TPSA) is 58.0 Å². The fraction of sp³-hybridized carbons (Fsp3) is 0.294. The van der Waals surface area contributed by atoms with Crippen LogP contribution in [-0.2, 0) is 0 Å². The van der Waals surface area contributed by atoms with Crippen molar-refractivity contribution in [3.63, 3.8) is 0 Å². The molecule has 0 spiro atoms. The van der Waals surface area contributed by atoms with Gasteiger partial charge in [-0.3, -0.25) is 0 Å². The first-order valence-electron chi connectivity index (χ1n) is 7.89. The van der Waals surface area contributed by atoms with Gasteiger partial charge in [0.25, 0.3) is 0 Å². The lowest BCUT2D eigenvalue weighted by Crippen LogP contribution is -2.47. The van der Waals surface area contributed by atoms with Crippen LogP contribution >= 0.6 is 0 Å². The molecular formula is C17H17FN6. The largest absolute Gasteiger partial charge is 0.353 e. The molecule has 4 rings (SSSR count). The number of anilines is 2. The lowest BCUT2D eigenvalue weighted by molar-refractivity contribution is 0.628. The van der Waals surface area contributed by atoms with E-state index < -0.39 is 0 Å². The highest BCUT2D eigenvalue weighted by Gasteiger charge is 2.21. The van der Waals surface area contributed by atoms with Crippen LogP contribution in [0.4, 0.5) is 16.0 Å². The molecular weight excluding hydrogens is 307 g/mol. The SMILES string of the molecule is Cc1cc(N2CCN(c3ncnc4cc(F)ccc34)CC2)ncn1. The fourth-order valence-corrected chi connectivity index (χ4v) is 3.03. The Balaban J connectivity index is 1.56. The van der Waals surface area contributed by atoms with Crippen molar-refractivity contribution in [2.75, 3.05) is 36.0 Å². The van der Waals surface area contributed by atoms with Gasteiger partial charge in [-0.15, -0.1) is 0 Å². The van der Waals surface area contributed by atoms with Gasteiger partial charge >= 0.3 is 0 Å². The zero-order valence-corrected chi connectivity index (χ0v) is 13.4. The van der Waals surface area contributed by atoms with Gasteiger partial charge in [0.15, 0.2) is 0 Å². The molecule has 0 N–H and O–H groups in total. The molecule has 1 aliphatic heterocycles. The molecule has 7 heteroatoms. The molecule has 122 valence electrons. The van der Waals surface area contributed by atoms with E-state index in [1.54, 1.807) is 12.4 Å². The molecule has 0 amide bonds. The van der Waals surface area contributed by atoms with Gasteiger partial charge in [0.1, 0.15) is 30.1 Å². The van der Waals surface area contributed by atoms with E-state index in [2.05, 4.69) is 29.7 Å². The average molecular weight is 324 g/mol. The van der Waals surface area contributed by atoms with Gasteiger partial charge in [-0.2, -0.15) is 0 Å². The number of halogens is 1. The van der Waals surface area contributed by atoms with E-state index in [1.165, 1.54) is 18.5 Å². The highest BCUT2D eigenvalue weighted by atomic mass is 19.1. The number of benzene rings is 1. The van der Waals surface area contributed by atoms with Gasteiger partial charge in [0, 0.05) is 49.4 Å². The molecule has 0 unspecified atom stereocenters. The molecule has 0 saturated carbocycles. The van der Waals surface area contributed by atoms with Crippen LogP contribution in [0.25, 0.3) is 10.9 Å². The third-order valence-electron chi connectivity index (χ3n) is 4.27. The monoisotopic (exact) mass is 324 g/mol. The highest BCUT2D eigenvalue weighted by Crippen LogP contribution is 2.25. The van der Waals surface area contributed by atoms with Crippen molar-refractivity contribution in [1.29, 1.82) is 0 Å². The number of rotatable bonds is 2. The summed E-state index contributed by atoms with van der Waals surface area (Å²) in [6.45, 7) is 5.32. The third kappa shape index (κ3) is 2.73. The van der Waals surface area contributed by atoms with Crippen LogP contribution in [-0.4, -0.2) is 46.1 Å². The van der Waals surface area contributed by atoms with Gasteiger partial charge in [0.2, 0.25) is 0 Å². The molecule has 0 aliphatic carbocycles. The Morgan fingerprint density at radius 2 is 1.62 bits per heavy atom. The molecule has 1 aromatic carbocycles. The smallest absolute Gasteiger partial charge is 0.140 e. The van der Waals surface area contributed by atoms with E-state index in [4.69, 9.17) is 0 Å². The van der Waals surface area contributed by atoms with Crippen molar-refractivity contribution in [2.45, 2.75) is 6.92 Å².